The number of amides is 1. The average molecular weight is 434 g/mol. The first-order valence-corrected chi connectivity index (χ1v) is 11.6. The number of hydroxylamine groups is 1. The standard InChI is InChI=1S/C27H35N3O2/c1-27(2,3)26-25(22-8-4-5-9-23(22)28-26)21-7-6-16-30(18-21)17-20-12-10-19(11-13-20)14-15-24(31)29-32/h4-5,8-15,21,25-26,28,32H,6-7,16-18H2,1-3H3,(H,29,31)/b15-14+. The number of nitrogens with one attached hydrogen (secondary N) is 2. The van der Waals surface area contributed by atoms with Crippen LogP contribution in [0.1, 0.15) is 56.2 Å². The highest BCUT2D eigenvalue weighted by atomic mass is 16.5. The lowest BCUT2D eigenvalue weighted by atomic mass is 9.71. The van der Waals surface area contributed by atoms with E-state index in [2.05, 4.69) is 67.4 Å². The molecule has 5 nitrogen and oxygen atoms in total. The summed E-state index contributed by atoms with van der Waals surface area (Å²) in [6.45, 7) is 10.3. The molecule has 0 bridgehead atoms. The molecule has 0 aliphatic carbocycles. The molecule has 3 atom stereocenters. The Morgan fingerprint density at radius 3 is 2.66 bits per heavy atom. The second-order valence-corrected chi connectivity index (χ2v) is 10.3. The zero-order valence-corrected chi connectivity index (χ0v) is 19.3. The molecule has 1 amide bonds. The zero-order chi connectivity index (χ0) is 22.7. The molecule has 4 rings (SSSR count). The van der Waals surface area contributed by atoms with Crippen LogP contribution in [0.5, 0.6) is 0 Å². The van der Waals surface area contributed by atoms with Crippen molar-refractivity contribution in [2.45, 2.75) is 52.1 Å². The van der Waals surface area contributed by atoms with E-state index in [1.165, 1.54) is 35.7 Å². The van der Waals surface area contributed by atoms with Gasteiger partial charge in [-0.3, -0.25) is 14.9 Å². The lowest BCUT2D eigenvalue weighted by molar-refractivity contribution is -0.124. The van der Waals surface area contributed by atoms with E-state index in [1.807, 2.05) is 12.1 Å². The Morgan fingerprint density at radius 1 is 1.19 bits per heavy atom. The second kappa shape index (κ2) is 9.47. The van der Waals surface area contributed by atoms with Crippen LogP contribution in [0.25, 0.3) is 6.08 Å². The number of anilines is 1. The smallest absolute Gasteiger partial charge is 0.267 e. The molecule has 3 unspecified atom stereocenters. The summed E-state index contributed by atoms with van der Waals surface area (Å²) in [5.41, 5.74) is 6.83. The third kappa shape index (κ3) is 5.05. The Balaban J connectivity index is 1.45. The van der Waals surface area contributed by atoms with Crippen molar-refractivity contribution >= 4 is 17.7 Å². The Bertz CT molecular complexity index is 962. The Kier molecular flexibility index (Phi) is 6.68. The molecule has 2 heterocycles. The number of para-hydroxylation sites is 1. The van der Waals surface area contributed by atoms with Gasteiger partial charge in [0.15, 0.2) is 0 Å². The minimum absolute atomic E-state index is 0.197. The number of piperidine rings is 1. The normalized spacial score (nSPS) is 23.7. The summed E-state index contributed by atoms with van der Waals surface area (Å²) in [5.74, 6) is 0.660. The highest BCUT2D eigenvalue weighted by molar-refractivity contribution is 5.90. The van der Waals surface area contributed by atoms with Gasteiger partial charge in [0.2, 0.25) is 0 Å². The van der Waals surface area contributed by atoms with E-state index >= 15 is 0 Å². The van der Waals surface area contributed by atoms with Crippen molar-refractivity contribution in [2.24, 2.45) is 11.3 Å². The maximum Gasteiger partial charge on any atom is 0.267 e. The highest BCUT2D eigenvalue weighted by Crippen LogP contribution is 2.48. The highest BCUT2D eigenvalue weighted by Gasteiger charge is 2.44. The van der Waals surface area contributed by atoms with Crippen LogP contribution >= 0.6 is 0 Å². The van der Waals surface area contributed by atoms with Gasteiger partial charge in [-0.15, -0.1) is 0 Å². The summed E-state index contributed by atoms with van der Waals surface area (Å²) < 4.78 is 0. The van der Waals surface area contributed by atoms with Crippen molar-refractivity contribution in [2.75, 3.05) is 18.4 Å². The van der Waals surface area contributed by atoms with Gasteiger partial charge < -0.3 is 5.32 Å². The first kappa shape index (κ1) is 22.6. The largest absolute Gasteiger partial charge is 0.381 e. The number of rotatable bonds is 5. The maximum absolute atomic E-state index is 11.2. The number of hydrogen-bond donors (Lipinski definition) is 3. The van der Waals surface area contributed by atoms with E-state index in [-0.39, 0.29) is 5.41 Å². The van der Waals surface area contributed by atoms with Gasteiger partial charge in [0.1, 0.15) is 0 Å². The lowest BCUT2D eigenvalue weighted by Gasteiger charge is -2.41. The molecule has 0 aromatic heterocycles. The molecular weight excluding hydrogens is 398 g/mol. The number of fused-ring (bicyclic) bond motifs is 1. The van der Waals surface area contributed by atoms with Gasteiger partial charge in [0, 0.05) is 36.8 Å². The van der Waals surface area contributed by atoms with Crippen LogP contribution in [0.15, 0.2) is 54.6 Å². The summed E-state index contributed by atoms with van der Waals surface area (Å²) in [6, 6.07) is 17.6. The molecule has 1 fully saturated rings. The fourth-order valence-electron chi connectivity index (χ4n) is 5.37. The monoisotopic (exact) mass is 433 g/mol. The summed E-state index contributed by atoms with van der Waals surface area (Å²) in [6.07, 6.45) is 5.53. The maximum atomic E-state index is 11.2. The predicted molar refractivity (Wildman–Crippen MR) is 129 cm³/mol. The molecule has 1 saturated heterocycles. The number of hydrogen-bond acceptors (Lipinski definition) is 4. The number of carbonyl (C=O) groups excluding carboxylic acids is 1. The van der Waals surface area contributed by atoms with Crippen molar-refractivity contribution in [1.29, 1.82) is 0 Å². The summed E-state index contributed by atoms with van der Waals surface area (Å²) in [7, 11) is 0. The van der Waals surface area contributed by atoms with Gasteiger partial charge in [0.25, 0.3) is 5.91 Å². The molecular formula is C27H35N3O2. The summed E-state index contributed by atoms with van der Waals surface area (Å²) >= 11 is 0. The summed E-state index contributed by atoms with van der Waals surface area (Å²) in [5, 5.41) is 12.4. The van der Waals surface area contributed by atoms with E-state index in [0.29, 0.717) is 17.9 Å². The molecule has 2 aliphatic heterocycles. The molecule has 2 aromatic carbocycles. The number of nitrogens with zero attached hydrogens (tertiary/aromatic N) is 1. The lowest BCUT2D eigenvalue weighted by Crippen LogP contribution is -2.43. The molecule has 170 valence electrons. The molecule has 2 aromatic rings. The quantitative estimate of drug-likeness (QED) is 0.351. The fourth-order valence-corrected chi connectivity index (χ4v) is 5.37. The average Bonchev–Trinajstić information content (AvgIpc) is 3.19. The van der Waals surface area contributed by atoms with Crippen molar-refractivity contribution < 1.29 is 10.0 Å². The fraction of sp³-hybridized carbons (Fsp3) is 0.444. The van der Waals surface area contributed by atoms with Gasteiger partial charge in [-0.2, -0.15) is 0 Å². The van der Waals surface area contributed by atoms with Crippen LogP contribution in [-0.4, -0.2) is 35.1 Å². The van der Waals surface area contributed by atoms with E-state index in [1.54, 1.807) is 11.6 Å². The van der Waals surface area contributed by atoms with Crippen LogP contribution in [-0.2, 0) is 11.3 Å². The molecule has 0 saturated carbocycles. The van der Waals surface area contributed by atoms with Gasteiger partial charge in [-0.1, -0.05) is 63.2 Å². The molecule has 3 N–H and O–H groups in total. The van der Waals surface area contributed by atoms with Crippen LogP contribution in [0.3, 0.4) is 0 Å². The second-order valence-electron chi connectivity index (χ2n) is 10.3. The van der Waals surface area contributed by atoms with Crippen LogP contribution in [0.2, 0.25) is 0 Å². The minimum atomic E-state index is -0.523. The van der Waals surface area contributed by atoms with E-state index in [4.69, 9.17) is 5.21 Å². The summed E-state index contributed by atoms with van der Waals surface area (Å²) in [4.78, 5) is 13.8. The Hall–Kier alpha value is -2.63. The third-order valence-corrected chi connectivity index (χ3v) is 6.90. The molecule has 32 heavy (non-hydrogen) atoms. The predicted octanol–water partition coefficient (Wildman–Crippen LogP) is 5.04. The van der Waals surface area contributed by atoms with Gasteiger partial charge >= 0.3 is 0 Å². The van der Waals surface area contributed by atoms with Crippen molar-refractivity contribution in [3.05, 3.63) is 71.3 Å². The third-order valence-electron chi connectivity index (χ3n) is 6.90. The minimum Gasteiger partial charge on any atom is -0.381 e. The molecule has 2 aliphatic rings. The molecule has 0 spiro atoms. The van der Waals surface area contributed by atoms with Crippen LogP contribution < -0.4 is 10.8 Å². The van der Waals surface area contributed by atoms with Crippen LogP contribution in [0.4, 0.5) is 5.69 Å². The van der Waals surface area contributed by atoms with Gasteiger partial charge in [0.05, 0.1) is 0 Å². The molecule has 0 radical (unpaired) electrons. The number of benzene rings is 2. The van der Waals surface area contributed by atoms with E-state index in [0.717, 1.165) is 25.2 Å². The first-order valence-electron chi connectivity index (χ1n) is 11.6. The zero-order valence-electron chi connectivity index (χ0n) is 19.3. The van der Waals surface area contributed by atoms with E-state index in [9.17, 15) is 4.79 Å². The van der Waals surface area contributed by atoms with Crippen molar-refractivity contribution in [1.82, 2.24) is 10.4 Å². The Morgan fingerprint density at radius 2 is 1.94 bits per heavy atom. The Labute approximate surface area is 191 Å². The van der Waals surface area contributed by atoms with Crippen molar-refractivity contribution in [3.63, 3.8) is 0 Å². The topological polar surface area (TPSA) is 64.6 Å². The molecule has 5 heteroatoms. The number of likely N-dealkylation sites (tertiary alicyclic amines) is 1. The van der Waals surface area contributed by atoms with Crippen LogP contribution in [0, 0.1) is 11.3 Å². The van der Waals surface area contributed by atoms with E-state index < -0.39 is 5.91 Å². The SMILES string of the molecule is CC(C)(C)C1Nc2ccccc2C1C1CCCN(Cc2ccc(/C=C/C(=O)NO)cc2)C1. The van der Waals surface area contributed by atoms with Gasteiger partial charge in [-0.25, -0.2) is 5.48 Å². The van der Waals surface area contributed by atoms with Crippen molar-refractivity contribution in [3.8, 4) is 0 Å². The first-order chi connectivity index (χ1) is 15.3. The van der Waals surface area contributed by atoms with Gasteiger partial charge in [-0.05, 0) is 59.6 Å². The number of carbonyl (C=O) groups is 1.